The van der Waals surface area contributed by atoms with Gasteiger partial charge in [0.1, 0.15) is 0 Å². The summed E-state index contributed by atoms with van der Waals surface area (Å²) in [6.07, 6.45) is 14.9. The lowest BCUT2D eigenvalue weighted by Crippen LogP contribution is -2.11. The van der Waals surface area contributed by atoms with E-state index in [1.807, 2.05) is 0 Å². The van der Waals surface area contributed by atoms with Crippen LogP contribution in [-0.4, -0.2) is 34.9 Å². The number of thioether (sulfide) groups is 1. The molecule has 0 aliphatic carbocycles. The monoisotopic (exact) mass is 374 g/mol. The molecule has 0 aromatic rings. The van der Waals surface area contributed by atoms with E-state index in [-0.39, 0.29) is 0 Å². The zero-order chi connectivity index (χ0) is 19.0. The highest BCUT2D eigenvalue weighted by molar-refractivity contribution is 7.99. The maximum Gasteiger partial charge on any atom is 0.0431 e. The van der Waals surface area contributed by atoms with Gasteiger partial charge in [0.15, 0.2) is 0 Å². The first-order chi connectivity index (χ1) is 11.8. The Labute approximate surface area is 162 Å². The first-order valence-corrected chi connectivity index (χ1v) is 11.8. The zero-order valence-electron chi connectivity index (χ0n) is 17.6. The summed E-state index contributed by atoms with van der Waals surface area (Å²) in [7, 11) is 0. The molecule has 0 saturated carbocycles. The van der Waals surface area contributed by atoms with E-state index >= 15 is 0 Å². The molecule has 0 saturated heterocycles. The van der Waals surface area contributed by atoms with Crippen molar-refractivity contribution in [2.24, 2.45) is 10.8 Å². The average molecular weight is 375 g/mol. The van der Waals surface area contributed by atoms with Gasteiger partial charge in [-0.2, -0.15) is 11.8 Å². The molecule has 0 rings (SSSR count). The number of aliphatic hydroxyl groups is 2. The fourth-order valence-corrected chi connectivity index (χ4v) is 4.46. The van der Waals surface area contributed by atoms with Crippen LogP contribution in [0, 0.1) is 10.8 Å². The van der Waals surface area contributed by atoms with Crippen molar-refractivity contribution in [2.75, 3.05) is 24.7 Å². The number of unbranched alkanes of at least 4 members (excludes halogenated alkanes) is 4. The third kappa shape index (κ3) is 17.4. The predicted molar refractivity (Wildman–Crippen MR) is 114 cm³/mol. The summed E-state index contributed by atoms with van der Waals surface area (Å²) in [5, 5.41) is 17.9. The Bertz CT molecular complexity index is 262. The summed E-state index contributed by atoms with van der Waals surface area (Å²) in [5.74, 6) is 2.64. The quantitative estimate of drug-likeness (QED) is 0.271. The second kappa shape index (κ2) is 15.3. The minimum Gasteiger partial charge on any atom is -0.396 e. The Morgan fingerprint density at radius 3 is 1.24 bits per heavy atom. The normalized spacial score (nSPS) is 12.7. The average Bonchev–Trinajstić information content (AvgIpc) is 2.56. The number of rotatable bonds is 18. The molecule has 152 valence electrons. The highest BCUT2D eigenvalue weighted by atomic mass is 32.2. The molecule has 0 aromatic heterocycles. The van der Waals surface area contributed by atoms with E-state index in [1.54, 1.807) is 0 Å². The minimum absolute atomic E-state index is 0.334. The molecular weight excluding hydrogens is 328 g/mol. The molecule has 0 amide bonds. The fourth-order valence-electron chi connectivity index (χ4n) is 3.44. The molecule has 0 fully saturated rings. The van der Waals surface area contributed by atoms with Gasteiger partial charge in [0.05, 0.1) is 0 Å². The number of hydrogen-bond acceptors (Lipinski definition) is 3. The van der Waals surface area contributed by atoms with Crippen molar-refractivity contribution in [3.8, 4) is 0 Å². The molecule has 0 heterocycles. The van der Waals surface area contributed by atoms with Gasteiger partial charge in [-0.25, -0.2) is 0 Å². The molecule has 2 N–H and O–H groups in total. The second-order valence-electron chi connectivity index (χ2n) is 9.22. The molecule has 0 aliphatic rings. The lowest BCUT2D eigenvalue weighted by molar-refractivity contribution is 0.228. The summed E-state index contributed by atoms with van der Waals surface area (Å²) < 4.78 is 0. The molecule has 0 aromatic carbocycles. The highest BCUT2D eigenvalue weighted by Gasteiger charge is 2.17. The van der Waals surface area contributed by atoms with E-state index in [0.717, 1.165) is 25.7 Å². The maximum absolute atomic E-state index is 8.94. The van der Waals surface area contributed by atoms with Gasteiger partial charge in [0, 0.05) is 13.2 Å². The van der Waals surface area contributed by atoms with Crippen LogP contribution in [0.3, 0.4) is 0 Å². The van der Waals surface area contributed by atoms with Crippen LogP contribution in [-0.2, 0) is 0 Å². The van der Waals surface area contributed by atoms with Crippen molar-refractivity contribution in [1.29, 1.82) is 0 Å². The molecule has 0 spiro atoms. The van der Waals surface area contributed by atoms with Crippen LogP contribution in [0.1, 0.15) is 105 Å². The van der Waals surface area contributed by atoms with Crippen molar-refractivity contribution >= 4 is 11.8 Å². The van der Waals surface area contributed by atoms with Crippen LogP contribution in [0.15, 0.2) is 0 Å². The van der Waals surface area contributed by atoms with E-state index in [0.29, 0.717) is 24.0 Å². The molecule has 2 nitrogen and oxygen atoms in total. The van der Waals surface area contributed by atoms with E-state index < -0.39 is 0 Å². The van der Waals surface area contributed by atoms with Gasteiger partial charge in [-0.15, -0.1) is 0 Å². The van der Waals surface area contributed by atoms with E-state index in [1.165, 1.54) is 62.9 Å². The minimum atomic E-state index is 0.334. The van der Waals surface area contributed by atoms with E-state index in [9.17, 15) is 0 Å². The molecule has 25 heavy (non-hydrogen) atoms. The molecule has 0 atom stereocenters. The van der Waals surface area contributed by atoms with Crippen LogP contribution < -0.4 is 0 Å². The van der Waals surface area contributed by atoms with Gasteiger partial charge in [0.25, 0.3) is 0 Å². The number of hydrogen-bond donors (Lipinski definition) is 2. The summed E-state index contributed by atoms with van der Waals surface area (Å²) in [6, 6.07) is 0. The third-order valence-electron chi connectivity index (χ3n) is 5.31. The fraction of sp³-hybridized carbons (Fsp3) is 1.00. The van der Waals surface area contributed by atoms with E-state index in [4.69, 9.17) is 10.2 Å². The largest absolute Gasteiger partial charge is 0.396 e. The maximum atomic E-state index is 8.94. The Kier molecular flexibility index (Phi) is 15.5. The van der Waals surface area contributed by atoms with Gasteiger partial charge in [0.2, 0.25) is 0 Å². The van der Waals surface area contributed by atoms with Crippen LogP contribution >= 0.6 is 11.8 Å². The van der Waals surface area contributed by atoms with Crippen LogP contribution in [0.4, 0.5) is 0 Å². The van der Waals surface area contributed by atoms with Crippen LogP contribution in [0.2, 0.25) is 0 Å². The van der Waals surface area contributed by atoms with Crippen LogP contribution in [0.5, 0.6) is 0 Å². The summed E-state index contributed by atoms with van der Waals surface area (Å²) in [5.41, 5.74) is 0.807. The standard InChI is InChI=1S/C22H46O2S/c1-21(2,15-11-17-23)13-7-5-9-19-25-20-10-6-8-14-22(3,4)16-12-18-24/h23-24H,5-20H2,1-4H3. The predicted octanol–water partition coefficient (Wildman–Crippen LogP) is 6.44. The van der Waals surface area contributed by atoms with Crippen molar-refractivity contribution in [3.05, 3.63) is 0 Å². The number of aliphatic hydroxyl groups excluding tert-OH is 2. The summed E-state index contributed by atoms with van der Waals surface area (Å²) >= 11 is 2.13. The first-order valence-electron chi connectivity index (χ1n) is 10.6. The van der Waals surface area contributed by atoms with Gasteiger partial charge in [-0.3, -0.25) is 0 Å². The first kappa shape index (κ1) is 25.3. The van der Waals surface area contributed by atoms with E-state index in [2.05, 4.69) is 39.5 Å². The van der Waals surface area contributed by atoms with Crippen LogP contribution in [0.25, 0.3) is 0 Å². The molecule has 0 unspecified atom stereocenters. The molecule has 0 aliphatic heterocycles. The lowest BCUT2D eigenvalue weighted by Gasteiger charge is -2.24. The summed E-state index contributed by atoms with van der Waals surface area (Å²) in [4.78, 5) is 0. The SMILES string of the molecule is CC(C)(CCCO)CCCCCSCCCCCC(C)(C)CCCO. The van der Waals surface area contributed by atoms with Gasteiger partial charge in [-0.1, -0.05) is 53.4 Å². The Hall–Kier alpha value is 0.270. The second-order valence-corrected chi connectivity index (χ2v) is 10.4. The lowest BCUT2D eigenvalue weighted by atomic mass is 9.83. The Balaban J connectivity index is 3.37. The molecular formula is C22H46O2S. The topological polar surface area (TPSA) is 40.5 Å². The zero-order valence-corrected chi connectivity index (χ0v) is 18.4. The van der Waals surface area contributed by atoms with Gasteiger partial charge >= 0.3 is 0 Å². The van der Waals surface area contributed by atoms with Crippen molar-refractivity contribution in [1.82, 2.24) is 0 Å². The summed E-state index contributed by atoms with van der Waals surface area (Å²) in [6.45, 7) is 10.0. The Morgan fingerprint density at radius 2 is 0.880 bits per heavy atom. The van der Waals surface area contributed by atoms with Crippen molar-refractivity contribution < 1.29 is 10.2 Å². The van der Waals surface area contributed by atoms with Gasteiger partial charge < -0.3 is 10.2 Å². The molecule has 0 bridgehead atoms. The van der Waals surface area contributed by atoms with Crippen molar-refractivity contribution in [2.45, 2.75) is 105 Å². The smallest absolute Gasteiger partial charge is 0.0431 e. The highest BCUT2D eigenvalue weighted by Crippen LogP contribution is 2.30. The molecule has 3 heteroatoms. The third-order valence-corrected chi connectivity index (χ3v) is 6.46. The van der Waals surface area contributed by atoms with Crippen molar-refractivity contribution in [3.63, 3.8) is 0 Å². The Morgan fingerprint density at radius 1 is 0.520 bits per heavy atom. The molecule has 0 radical (unpaired) electrons. The van der Waals surface area contributed by atoms with Gasteiger partial charge in [-0.05, 0) is 73.7 Å².